The van der Waals surface area contributed by atoms with E-state index < -0.39 is 0 Å². The molecule has 0 atom stereocenters. The second-order valence-electron chi connectivity index (χ2n) is 4.00. The molecule has 0 radical (unpaired) electrons. The first kappa shape index (κ1) is 9.74. The van der Waals surface area contributed by atoms with Gasteiger partial charge < -0.3 is 0 Å². The van der Waals surface area contributed by atoms with E-state index in [1.165, 1.54) is 18.4 Å². The van der Waals surface area contributed by atoms with Crippen LogP contribution >= 0.6 is 0 Å². The summed E-state index contributed by atoms with van der Waals surface area (Å²) in [6, 6.07) is 0. The van der Waals surface area contributed by atoms with Crippen molar-refractivity contribution in [2.24, 2.45) is 5.41 Å². The maximum Gasteiger partial charge on any atom is -0.0297 e. The van der Waals surface area contributed by atoms with Gasteiger partial charge >= 0.3 is 0 Å². The van der Waals surface area contributed by atoms with Gasteiger partial charge in [0.1, 0.15) is 0 Å². The molecular weight excluding hydrogens is 120 g/mol. The summed E-state index contributed by atoms with van der Waals surface area (Å²) >= 11 is 0. The first-order valence-corrected chi connectivity index (χ1v) is 4.11. The fraction of sp³-hybridized carbons (Fsp3) is 0.800. The molecular formula is C10H20. The van der Waals surface area contributed by atoms with Crippen LogP contribution in [0.5, 0.6) is 0 Å². The van der Waals surface area contributed by atoms with E-state index in [2.05, 4.69) is 40.7 Å². The van der Waals surface area contributed by atoms with Gasteiger partial charge in [-0.2, -0.15) is 0 Å². The molecule has 0 saturated heterocycles. The molecule has 0 heterocycles. The third-order valence-corrected chi connectivity index (χ3v) is 2.02. The third kappa shape index (κ3) is 4.60. The predicted octanol–water partition coefficient (Wildman–Crippen LogP) is 3.78. The van der Waals surface area contributed by atoms with Crippen molar-refractivity contribution in [2.45, 2.75) is 47.5 Å². The van der Waals surface area contributed by atoms with Gasteiger partial charge in [0.25, 0.3) is 0 Å². The van der Waals surface area contributed by atoms with Gasteiger partial charge in [-0.15, -0.1) is 0 Å². The lowest BCUT2D eigenvalue weighted by Gasteiger charge is -2.20. The van der Waals surface area contributed by atoms with Gasteiger partial charge in [0, 0.05) is 0 Å². The molecule has 0 bridgehead atoms. The zero-order valence-electron chi connectivity index (χ0n) is 7.99. The second kappa shape index (κ2) is 3.80. The highest BCUT2D eigenvalue weighted by atomic mass is 14.2. The molecule has 0 unspecified atom stereocenters. The Morgan fingerprint density at radius 3 is 2.10 bits per heavy atom. The molecule has 0 saturated carbocycles. The minimum Gasteiger partial charge on any atom is -0.0854 e. The molecule has 0 aromatic rings. The van der Waals surface area contributed by atoms with Crippen molar-refractivity contribution in [3.8, 4) is 0 Å². The molecule has 0 N–H and O–H groups in total. The first-order valence-electron chi connectivity index (χ1n) is 4.11. The molecule has 0 aliphatic carbocycles. The lowest BCUT2D eigenvalue weighted by atomic mass is 9.86. The summed E-state index contributed by atoms with van der Waals surface area (Å²) in [6.07, 6.45) is 4.80. The van der Waals surface area contributed by atoms with Crippen LogP contribution in [0.4, 0.5) is 0 Å². The average molecular weight is 140 g/mol. The Morgan fingerprint density at radius 1 is 1.30 bits per heavy atom. The van der Waals surface area contributed by atoms with Crippen LogP contribution < -0.4 is 0 Å². The van der Waals surface area contributed by atoms with Crippen molar-refractivity contribution in [2.75, 3.05) is 0 Å². The van der Waals surface area contributed by atoms with Crippen LogP contribution in [-0.2, 0) is 0 Å². The van der Waals surface area contributed by atoms with E-state index in [9.17, 15) is 0 Å². The highest BCUT2D eigenvalue weighted by Gasteiger charge is 2.11. The average Bonchev–Trinajstić information content (AvgIpc) is 1.85. The maximum atomic E-state index is 2.32. The minimum absolute atomic E-state index is 0.497. The molecule has 0 rings (SSSR count). The molecule has 0 aromatic heterocycles. The summed E-state index contributed by atoms with van der Waals surface area (Å²) in [6.45, 7) is 11.2. The van der Waals surface area contributed by atoms with Gasteiger partial charge in [0.2, 0.25) is 0 Å². The Morgan fingerprint density at radius 2 is 1.80 bits per heavy atom. The molecule has 10 heavy (non-hydrogen) atoms. The highest BCUT2D eigenvalue weighted by molar-refractivity contribution is 4.95. The lowest BCUT2D eigenvalue weighted by Crippen LogP contribution is -2.07. The van der Waals surface area contributed by atoms with Crippen LogP contribution in [0.3, 0.4) is 0 Å². The van der Waals surface area contributed by atoms with Crippen molar-refractivity contribution in [1.82, 2.24) is 0 Å². The SMILES string of the molecule is CCC(C)(C)CC=C(C)C. The Labute approximate surface area is 65.3 Å². The standard InChI is InChI=1S/C10H20/c1-6-10(4,5)8-7-9(2)3/h7H,6,8H2,1-5H3. The minimum atomic E-state index is 0.497. The summed E-state index contributed by atoms with van der Waals surface area (Å²) in [5.41, 5.74) is 1.93. The lowest BCUT2D eigenvalue weighted by molar-refractivity contribution is 0.356. The fourth-order valence-corrected chi connectivity index (χ4v) is 0.625. The van der Waals surface area contributed by atoms with Crippen molar-refractivity contribution in [3.63, 3.8) is 0 Å². The fourth-order valence-electron chi connectivity index (χ4n) is 0.625. The Kier molecular flexibility index (Phi) is 3.70. The van der Waals surface area contributed by atoms with Crippen LogP contribution in [0, 0.1) is 5.41 Å². The summed E-state index contributed by atoms with van der Waals surface area (Å²) in [5, 5.41) is 0. The molecule has 0 amide bonds. The first-order chi connectivity index (χ1) is 4.48. The molecule has 60 valence electrons. The van der Waals surface area contributed by atoms with E-state index in [-0.39, 0.29) is 0 Å². The van der Waals surface area contributed by atoms with E-state index in [0.29, 0.717) is 5.41 Å². The van der Waals surface area contributed by atoms with E-state index in [1.54, 1.807) is 0 Å². The quantitative estimate of drug-likeness (QED) is 0.523. The zero-order valence-corrected chi connectivity index (χ0v) is 7.99. The van der Waals surface area contributed by atoms with Gasteiger partial charge in [0.05, 0.1) is 0 Å². The van der Waals surface area contributed by atoms with Crippen LogP contribution in [-0.4, -0.2) is 0 Å². The van der Waals surface area contributed by atoms with E-state index in [0.717, 1.165) is 0 Å². The number of hydrogen-bond acceptors (Lipinski definition) is 0. The zero-order chi connectivity index (χ0) is 8.20. The predicted molar refractivity (Wildman–Crippen MR) is 48.1 cm³/mol. The summed E-state index contributed by atoms with van der Waals surface area (Å²) in [5.74, 6) is 0. The molecule has 0 aliphatic rings. The Bertz CT molecular complexity index is 114. The van der Waals surface area contributed by atoms with Gasteiger partial charge in [0.15, 0.2) is 0 Å². The van der Waals surface area contributed by atoms with Gasteiger partial charge in [-0.05, 0) is 25.7 Å². The summed E-state index contributed by atoms with van der Waals surface area (Å²) < 4.78 is 0. The Hall–Kier alpha value is -0.260. The van der Waals surface area contributed by atoms with E-state index in [1.807, 2.05) is 0 Å². The van der Waals surface area contributed by atoms with Gasteiger partial charge in [-0.25, -0.2) is 0 Å². The molecule has 0 fully saturated rings. The smallest absolute Gasteiger partial charge is 0.0297 e. The normalized spacial score (nSPS) is 11.3. The van der Waals surface area contributed by atoms with Crippen molar-refractivity contribution in [3.05, 3.63) is 11.6 Å². The molecule has 0 aliphatic heterocycles. The van der Waals surface area contributed by atoms with Crippen molar-refractivity contribution < 1.29 is 0 Å². The van der Waals surface area contributed by atoms with Crippen LogP contribution in [0.15, 0.2) is 11.6 Å². The third-order valence-electron chi connectivity index (χ3n) is 2.02. The highest BCUT2D eigenvalue weighted by Crippen LogP contribution is 2.25. The van der Waals surface area contributed by atoms with E-state index in [4.69, 9.17) is 0 Å². The van der Waals surface area contributed by atoms with Crippen LogP contribution in [0.2, 0.25) is 0 Å². The summed E-state index contributed by atoms with van der Waals surface area (Å²) in [7, 11) is 0. The number of allylic oxidation sites excluding steroid dienone is 2. The summed E-state index contributed by atoms with van der Waals surface area (Å²) in [4.78, 5) is 0. The number of rotatable bonds is 3. The Balaban J connectivity index is 3.78. The molecule has 0 nitrogen and oxygen atoms in total. The van der Waals surface area contributed by atoms with Crippen molar-refractivity contribution >= 4 is 0 Å². The monoisotopic (exact) mass is 140 g/mol. The van der Waals surface area contributed by atoms with Crippen LogP contribution in [0.25, 0.3) is 0 Å². The molecule has 0 aromatic carbocycles. The number of hydrogen-bond donors (Lipinski definition) is 0. The van der Waals surface area contributed by atoms with E-state index >= 15 is 0 Å². The largest absolute Gasteiger partial charge is 0.0854 e. The van der Waals surface area contributed by atoms with Crippen molar-refractivity contribution in [1.29, 1.82) is 0 Å². The van der Waals surface area contributed by atoms with Gasteiger partial charge in [-0.1, -0.05) is 38.8 Å². The second-order valence-corrected chi connectivity index (χ2v) is 4.00. The van der Waals surface area contributed by atoms with Crippen LogP contribution in [0.1, 0.15) is 47.5 Å². The molecule has 0 heteroatoms. The topological polar surface area (TPSA) is 0 Å². The molecule has 0 spiro atoms. The van der Waals surface area contributed by atoms with Gasteiger partial charge in [-0.3, -0.25) is 0 Å². The maximum absolute atomic E-state index is 2.32.